The van der Waals surface area contributed by atoms with Gasteiger partial charge in [0, 0.05) is 30.8 Å². The Hall–Kier alpha value is -2.83. The summed E-state index contributed by atoms with van der Waals surface area (Å²) in [5.41, 5.74) is 7.55. The summed E-state index contributed by atoms with van der Waals surface area (Å²) in [5, 5.41) is 2.90. The number of rotatable bonds is 4. The van der Waals surface area contributed by atoms with E-state index in [2.05, 4.69) is 10.3 Å². The molecule has 3 N–H and O–H groups in total. The fourth-order valence-corrected chi connectivity index (χ4v) is 3.12. The molecule has 1 aromatic heterocycles. The van der Waals surface area contributed by atoms with Gasteiger partial charge in [-0.3, -0.25) is 4.79 Å². The van der Waals surface area contributed by atoms with E-state index in [4.69, 9.17) is 10.2 Å². The van der Waals surface area contributed by atoms with Crippen molar-refractivity contribution in [2.75, 3.05) is 18.4 Å². The van der Waals surface area contributed by atoms with Crippen LogP contribution in [-0.2, 0) is 4.79 Å². The lowest BCUT2D eigenvalue weighted by Crippen LogP contribution is -2.43. The summed E-state index contributed by atoms with van der Waals surface area (Å²) in [5.74, 6) is 0.341. The van der Waals surface area contributed by atoms with E-state index >= 15 is 0 Å². The van der Waals surface area contributed by atoms with Crippen LogP contribution >= 0.6 is 0 Å². The number of nitrogens with one attached hydrogen (secondary N) is 1. The third kappa shape index (κ3) is 4.37. The van der Waals surface area contributed by atoms with Gasteiger partial charge in [0.15, 0.2) is 0 Å². The Labute approximate surface area is 146 Å². The molecule has 3 rings (SSSR count). The third-order valence-electron chi connectivity index (χ3n) is 4.28. The second kappa shape index (κ2) is 7.38. The number of nitrogens with two attached hydrogens (primary N) is 1. The van der Waals surface area contributed by atoms with Crippen molar-refractivity contribution < 1.29 is 14.0 Å². The number of urea groups is 1. The van der Waals surface area contributed by atoms with E-state index in [-0.39, 0.29) is 17.9 Å². The topological polar surface area (TPSA) is 101 Å². The molecule has 0 aliphatic carbocycles. The van der Waals surface area contributed by atoms with Gasteiger partial charge in [-0.05, 0) is 43.9 Å². The molecule has 3 amide bonds. The van der Waals surface area contributed by atoms with Crippen molar-refractivity contribution in [1.82, 2.24) is 9.88 Å². The summed E-state index contributed by atoms with van der Waals surface area (Å²) in [4.78, 5) is 29.6. The first-order valence-electron chi connectivity index (χ1n) is 8.38. The van der Waals surface area contributed by atoms with Crippen LogP contribution in [0, 0.1) is 12.8 Å². The number of primary amides is 1. The van der Waals surface area contributed by atoms with Gasteiger partial charge in [-0.25, -0.2) is 9.78 Å². The third-order valence-corrected chi connectivity index (χ3v) is 4.28. The summed E-state index contributed by atoms with van der Waals surface area (Å²) < 4.78 is 5.40. The van der Waals surface area contributed by atoms with Crippen molar-refractivity contribution >= 4 is 17.6 Å². The lowest BCUT2D eigenvalue weighted by Gasteiger charge is -2.32. The van der Waals surface area contributed by atoms with Gasteiger partial charge >= 0.3 is 6.03 Å². The number of oxazole rings is 1. The van der Waals surface area contributed by atoms with Gasteiger partial charge in [0.25, 0.3) is 0 Å². The summed E-state index contributed by atoms with van der Waals surface area (Å²) in [7, 11) is 0. The van der Waals surface area contributed by atoms with Gasteiger partial charge in [-0.15, -0.1) is 0 Å². The molecule has 1 saturated heterocycles. The van der Waals surface area contributed by atoms with Crippen LogP contribution in [0.15, 0.2) is 34.9 Å². The molecule has 0 saturated carbocycles. The molecule has 1 aliphatic heterocycles. The molecule has 7 heteroatoms. The second-order valence-corrected chi connectivity index (χ2v) is 6.43. The van der Waals surface area contributed by atoms with Crippen molar-refractivity contribution in [1.29, 1.82) is 0 Å². The van der Waals surface area contributed by atoms with Crippen LogP contribution in [0.3, 0.4) is 0 Å². The number of piperidine rings is 1. The van der Waals surface area contributed by atoms with E-state index < -0.39 is 0 Å². The Morgan fingerprint density at radius 3 is 3.00 bits per heavy atom. The number of carbonyl (C=O) groups is 2. The second-order valence-electron chi connectivity index (χ2n) is 6.43. The number of aromatic nitrogens is 1. The first-order chi connectivity index (χ1) is 12.0. The molecule has 25 heavy (non-hydrogen) atoms. The average Bonchev–Trinajstić information content (AvgIpc) is 3.01. The smallest absolute Gasteiger partial charge is 0.321 e. The van der Waals surface area contributed by atoms with Crippen molar-refractivity contribution in [3.8, 4) is 11.5 Å². The number of carbonyl (C=O) groups excluding carboxylic acids is 2. The van der Waals surface area contributed by atoms with Crippen LogP contribution in [0.1, 0.15) is 25.0 Å². The molecule has 1 fully saturated rings. The first kappa shape index (κ1) is 17.0. The van der Waals surface area contributed by atoms with Crippen molar-refractivity contribution in [3.63, 3.8) is 0 Å². The van der Waals surface area contributed by atoms with Crippen LogP contribution in [0.5, 0.6) is 0 Å². The Morgan fingerprint density at radius 1 is 1.44 bits per heavy atom. The predicted octanol–water partition coefficient (Wildman–Crippen LogP) is 2.77. The number of amides is 3. The van der Waals surface area contributed by atoms with Crippen LogP contribution in [0.4, 0.5) is 10.5 Å². The fraction of sp³-hybridized carbons (Fsp3) is 0.389. The average molecular weight is 342 g/mol. The van der Waals surface area contributed by atoms with Crippen LogP contribution in [0.2, 0.25) is 0 Å². The van der Waals surface area contributed by atoms with Crippen molar-refractivity contribution in [2.24, 2.45) is 11.7 Å². The Bertz CT molecular complexity index is 771. The van der Waals surface area contributed by atoms with E-state index in [0.29, 0.717) is 31.1 Å². The van der Waals surface area contributed by atoms with E-state index in [1.165, 1.54) is 0 Å². The van der Waals surface area contributed by atoms with E-state index in [1.54, 1.807) is 11.2 Å². The molecule has 7 nitrogen and oxygen atoms in total. The van der Waals surface area contributed by atoms with E-state index in [0.717, 1.165) is 24.1 Å². The summed E-state index contributed by atoms with van der Waals surface area (Å²) in [6.45, 7) is 3.09. The Morgan fingerprint density at radius 2 is 2.28 bits per heavy atom. The zero-order valence-electron chi connectivity index (χ0n) is 14.2. The number of likely N-dealkylation sites (tertiary alicyclic amines) is 1. The molecular formula is C18H22N4O3. The van der Waals surface area contributed by atoms with Gasteiger partial charge in [0.05, 0.1) is 5.69 Å². The fourth-order valence-electron chi connectivity index (χ4n) is 3.12. The zero-order valence-corrected chi connectivity index (χ0v) is 14.2. The minimum absolute atomic E-state index is 0.138. The van der Waals surface area contributed by atoms with Gasteiger partial charge in [0.1, 0.15) is 6.26 Å². The molecule has 0 spiro atoms. The standard InChI is InChI=1S/C18H22N4O3/c1-12-11-25-17(20-12)14-5-2-6-15(9-14)21-18(24)22-7-3-4-13(10-22)8-16(19)23/h2,5-6,9,11,13H,3-4,7-8,10H2,1H3,(H2,19,23)(H,21,24)/t13-/m1/s1. The highest BCUT2D eigenvalue weighted by Crippen LogP contribution is 2.23. The SMILES string of the molecule is Cc1coc(-c2cccc(NC(=O)N3CCC[C@H](CC(N)=O)C3)c2)n1. The van der Waals surface area contributed by atoms with E-state index in [1.807, 2.05) is 31.2 Å². The maximum Gasteiger partial charge on any atom is 0.321 e. The zero-order chi connectivity index (χ0) is 17.8. The number of nitrogens with zero attached hydrogens (tertiary/aromatic N) is 2. The highest BCUT2D eigenvalue weighted by molar-refractivity contribution is 5.90. The van der Waals surface area contributed by atoms with Crippen molar-refractivity contribution in [3.05, 3.63) is 36.2 Å². The Kier molecular flexibility index (Phi) is 5.02. The normalized spacial score (nSPS) is 17.3. The number of hydrogen-bond acceptors (Lipinski definition) is 4. The molecule has 1 aromatic carbocycles. The minimum atomic E-state index is -0.318. The maximum atomic E-state index is 12.5. The molecule has 2 heterocycles. The summed E-state index contributed by atoms with van der Waals surface area (Å²) in [6.07, 6.45) is 3.71. The molecule has 1 atom stereocenters. The number of benzene rings is 1. The van der Waals surface area contributed by atoms with Crippen LogP contribution in [-0.4, -0.2) is 34.9 Å². The van der Waals surface area contributed by atoms with Crippen molar-refractivity contribution in [2.45, 2.75) is 26.2 Å². The first-order valence-corrected chi connectivity index (χ1v) is 8.38. The minimum Gasteiger partial charge on any atom is -0.444 e. The highest BCUT2D eigenvalue weighted by Gasteiger charge is 2.24. The summed E-state index contributed by atoms with van der Waals surface area (Å²) >= 11 is 0. The number of hydrogen-bond donors (Lipinski definition) is 2. The lowest BCUT2D eigenvalue weighted by atomic mass is 9.95. The quantitative estimate of drug-likeness (QED) is 0.892. The molecule has 0 radical (unpaired) electrons. The monoisotopic (exact) mass is 342 g/mol. The van der Waals surface area contributed by atoms with Gasteiger partial charge < -0.3 is 20.4 Å². The van der Waals surface area contributed by atoms with Gasteiger partial charge in [0.2, 0.25) is 11.8 Å². The largest absolute Gasteiger partial charge is 0.444 e. The van der Waals surface area contributed by atoms with Gasteiger partial charge in [-0.1, -0.05) is 6.07 Å². The molecule has 0 unspecified atom stereocenters. The molecular weight excluding hydrogens is 320 g/mol. The molecule has 0 bridgehead atoms. The maximum absolute atomic E-state index is 12.5. The molecule has 1 aliphatic rings. The lowest BCUT2D eigenvalue weighted by molar-refractivity contribution is -0.119. The van der Waals surface area contributed by atoms with E-state index in [9.17, 15) is 9.59 Å². The Balaban J connectivity index is 1.65. The van der Waals surface area contributed by atoms with Gasteiger partial charge in [-0.2, -0.15) is 0 Å². The predicted molar refractivity (Wildman–Crippen MR) is 93.8 cm³/mol. The number of anilines is 1. The van der Waals surface area contributed by atoms with Crippen LogP contribution < -0.4 is 11.1 Å². The molecule has 2 aromatic rings. The molecule has 132 valence electrons. The van der Waals surface area contributed by atoms with Crippen LogP contribution in [0.25, 0.3) is 11.5 Å². The highest BCUT2D eigenvalue weighted by atomic mass is 16.3. The number of aryl methyl sites for hydroxylation is 1. The summed E-state index contributed by atoms with van der Waals surface area (Å²) in [6, 6.07) is 7.20.